The fourth-order valence-corrected chi connectivity index (χ4v) is 6.29. The number of hydrogen-bond acceptors (Lipinski definition) is 2. The van der Waals surface area contributed by atoms with Crippen LogP contribution in [-0.2, 0) is 0 Å². The molecule has 0 unspecified atom stereocenters. The van der Waals surface area contributed by atoms with Crippen LogP contribution in [0, 0.1) is 11.8 Å². The molecule has 0 aromatic heterocycles. The highest BCUT2D eigenvalue weighted by atomic mass is 35.5. The third-order valence-corrected chi connectivity index (χ3v) is 7.76. The van der Waals surface area contributed by atoms with Crippen LogP contribution in [0.3, 0.4) is 0 Å². The third-order valence-electron chi connectivity index (χ3n) is 7.53. The normalized spacial score (nSPS) is 28.0. The minimum Gasteiger partial charge on any atom is -0.496 e. The quantitative estimate of drug-likeness (QED) is 0.595. The van der Waals surface area contributed by atoms with Crippen LogP contribution in [0.15, 0.2) is 42.5 Å². The number of halogens is 1. The molecule has 1 aliphatic heterocycles. The zero-order valence-electron chi connectivity index (χ0n) is 16.7. The summed E-state index contributed by atoms with van der Waals surface area (Å²) in [5, 5.41) is 0.786. The largest absolute Gasteiger partial charge is 0.496 e. The van der Waals surface area contributed by atoms with Crippen molar-refractivity contribution >= 4 is 11.6 Å². The van der Waals surface area contributed by atoms with Crippen molar-refractivity contribution < 1.29 is 4.74 Å². The second-order valence-electron chi connectivity index (χ2n) is 9.02. The molecular weight excluding hydrogens is 366 g/mol. The maximum absolute atomic E-state index is 6.22. The Kier molecular flexibility index (Phi) is 5.11. The van der Waals surface area contributed by atoms with E-state index in [1.54, 1.807) is 7.11 Å². The van der Waals surface area contributed by atoms with Gasteiger partial charge in [-0.3, -0.25) is 0 Å². The number of piperidine rings is 1. The smallest absolute Gasteiger partial charge is 0.122 e. The monoisotopic (exact) mass is 395 g/mol. The van der Waals surface area contributed by atoms with Crippen LogP contribution in [0.1, 0.15) is 50.0 Å². The molecule has 1 saturated heterocycles. The van der Waals surface area contributed by atoms with Crippen molar-refractivity contribution in [2.45, 2.75) is 50.5 Å². The highest BCUT2D eigenvalue weighted by Crippen LogP contribution is 2.48. The predicted molar refractivity (Wildman–Crippen MR) is 116 cm³/mol. The highest BCUT2D eigenvalue weighted by Gasteiger charge is 2.43. The Morgan fingerprint density at radius 2 is 1.75 bits per heavy atom. The molecule has 2 aliphatic carbocycles. The van der Waals surface area contributed by atoms with E-state index in [9.17, 15) is 0 Å². The first kappa shape index (κ1) is 18.5. The second-order valence-corrected chi connectivity index (χ2v) is 9.46. The lowest BCUT2D eigenvalue weighted by molar-refractivity contribution is 0.110. The van der Waals surface area contributed by atoms with Crippen LogP contribution >= 0.6 is 11.6 Å². The maximum Gasteiger partial charge on any atom is 0.122 e. The minimum absolute atomic E-state index is 0.587. The van der Waals surface area contributed by atoms with Gasteiger partial charge in [0.05, 0.1) is 7.11 Å². The maximum atomic E-state index is 6.22. The van der Waals surface area contributed by atoms with Gasteiger partial charge in [-0.05, 0) is 104 Å². The lowest BCUT2D eigenvalue weighted by atomic mass is 9.85. The lowest BCUT2D eigenvalue weighted by Crippen LogP contribution is -2.43. The number of nitrogens with zero attached hydrogens (tertiary/aromatic N) is 1. The Hall–Kier alpha value is -1.51. The van der Waals surface area contributed by atoms with E-state index in [4.69, 9.17) is 16.3 Å². The minimum atomic E-state index is 0.587. The van der Waals surface area contributed by atoms with Gasteiger partial charge in [-0.15, -0.1) is 0 Å². The van der Waals surface area contributed by atoms with Gasteiger partial charge >= 0.3 is 0 Å². The highest BCUT2D eigenvalue weighted by molar-refractivity contribution is 6.30. The van der Waals surface area contributed by atoms with E-state index >= 15 is 0 Å². The summed E-state index contributed by atoms with van der Waals surface area (Å²) in [5.41, 5.74) is 3.78. The van der Waals surface area contributed by atoms with Crippen molar-refractivity contribution in [1.29, 1.82) is 0 Å². The van der Waals surface area contributed by atoms with Crippen molar-refractivity contribution in [2.75, 3.05) is 20.2 Å². The van der Waals surface area contributed by atoms with E-state index in [1.807, 2.05) is 18.2 Å². The third kappa shape index (κ3) is 3.46. The molecule has 0 N–H and O–H groups in total. The van der Waals surface area contributed by atoms with Gasteiger partial charge in [0.1, 0.15) is 5.75 Å². The van der Waals surface area contributed by atoms with Crippen molar-refractivity contribution in [3.63, 3.8) is 0 Å². The second kappa shape index (κ2) is 7.72. The molecule has 3 heteroatoms. The molecular formula is C25H30ClNO. The molecule has 0 spiro atoms. The molecule has 2 aromatic rings. The Bertz CT molecular complexity index is 842. The fraction of sp³-hybridized carbons (Fsp3) is 0.520. The van der Waals surface area contributed by atoms with E-state index < -0.39 is 0 Å². The lowest BCUT2D eigenvalue weighted by Gasteiger charge is -2.40. The number of methoxy groups -OCH3 is 1. The van der Waals surface area contributed by atoms with Crippen LogP contribution in [0.4, 0.5) is 0 Å². The van der Waals surface area contributed by atoms with Gasteiger partial charge in [-0.25, -0.2) is 0 Å². The Morgan fingerprint density at radius 1 is 0.929 bits per heavy atom. The average molecular weight is 396 g/mol. The van der Waals surface area contributed by atoms with Crippen LogP contribution in [0.2, 0.25) is 5.02 Å². The number of fused-ring (bicyclic) bond motifs is 2. The molecule has 3 atom stereocenters. The fourth-order valence-electron chi connectivity index (χ4n) is 6.10. The zero-order valence-corrected chi connectivity index (χ0v) is 17.5. The number of ether oxygens (including phenoxy) is 1. The zero-order chi connectivity index (χ0) is 19.1. The van der Waals surface area contributed by atoms with Gasteiger partial charge in [0.15, 0.2) is 0 Å². The first-order valence-electron chi connectivity index (χ1n) is 10.9. The Morgan fingerprint density at radius 3 is 2.43 bits per heavy atom. The van der Waals surface area contributed by atoms with Crippen LogP contribution < -0.4 is 4.74 Å². The summed E-state index contributed by atoms with van der Waals surface area (Å²) >= 11 is 6.22. The average Bonchev–Trinajstić information content (AvgIpc) is 3.37. The van der Waals surface area contributed by atoms with Gasteiger partial charge in [0.25, 0.3) is 0 Å². The summed E-state index contributed by atoms with van der Waals surface area (Å²) in [6.45, 7) is 2.48. The molecule has 2 bridgehead atoms. The summed E-state index contributed by atoms with van der Waals surface area (Å²) < 4.78 is 5.74. The SMILES string of the molecule is COc1ccc(-c2cccc(Cl)c2)cc1C1CCN([C@@H]2C[C@H]3CC[C@H]2C3)CC1. The molecule has 28 heavy (non-hydrogen) atoms. The van der Waals surface area contributed by atoms with E-state index in [1.165, 1.54) is 68.3 Å². The summed E-state index contributed by atoms with van der Waals surface area (Å²) in [4.78, 5) is 2.81. The van der Waals surface area contributed by atoms with Crippen LogP contribution in [0.25, 0.3) is 11.1 Å². The molecule has 5 rings (SSSR count). The molecule has 2 saturated carbocycles. The summed E-state index contributed by atoms with van der Waals surface area (Å²) in [6.07, 6.45) is 8.41. The van der Waals surface area contributed by atoms with Crippen molar-refractivity contribution in [3.8, 4) is 16.9 Å². The molecule has 2 aromatic carbocycles. The number of rotatable bonds is 4. The van der Waals surface area contributed by atoms with E-state index in [-0.39, 0.29) is 0 Å². The van der Waals surface area contributed by atoms with E-state index in [0.717, 1.165) is 28.6 Å². The van der Waals surface area contributed by atoms with Crippen molar-refractivity contribution in [2.24, 2.45) is 11.8 Å². The van der Waals surface area contributed by atoms with Gasteiger partial charge in [0, 0.05) is 11.1 Å². The number of likely N-dealkylation sites (tertiary alicyclic amines) is 1. The topological polar surface area (TPSA) is 12.5 Å². The summed E-state index contributed by atoms with van der Waals surface area (Å²) in [5.74, 6) is 3.64. The first-order chi connectivity index (χ1) is 13.7. The summed E-state index contributed by atoms with van der Waals surface area (Å²) in [7, 11) is 1.79. The van der Waals surface area contributed by atoms with E-state index in [0.29, 0.717) is 5.92 Å². The molecule has 2 nitrogen and oxygen atoms in total. The van der Waals surface area contributed by atoms with Crippen LogP contribution in [-0.4, -0.2) is 31.1 Å². The standard InChI is InChI=1S/C25H30ClNO/c1-28-25-8-7-20(19-3-2-4-22(26)15-19)16-23(25)18-9-11-27(12-10-18)24-14-17-5-6-21(24)13-17/h2-4,7-8,15-18,21,24H,5-6,9-14H2,1H3/t17-,21-,24+/m0/s1. The number of benzene rings is 2. The van der Waals surface area contributed by atoms with Gasteiger partial charge in [-0.2, -0.15) is 0 Å². The van der Waals surface area contributed by atoms with Crippen molar-refractivity contribution in [3.05, 3.63) is 53.1 Å². The van der Waals surface area contributed by atoms with Crippen LogP contribution in [0.5, 0.6) is 5.75 Å². The Balaban J connectivity index is 1.33. The van der Waals surface area contributed by atoms with Crippen molar-refractivity contribution in [1.82, 2.24) is 4.90 Å². The first-order valence-corrected chi connectivity index (χ1v) is 11.3. The number of hydrogen-bond donors (Lipinski definition) is 0. The molecule has 3 aliphatic rings. The van der Waals surface area contributed by atoms with Gasteiger partial charge < -0.3 is 9.64 Å². The molecule has 3 fully saturated rings. The predicted octanol–water partition coefficient (Wildman–Crippen LogP) is 6.38. The molecule has 0 radical (unpaired) electrons. The van der Waals surface area contributed by atoms with E-state index in [2.05, 4.69) is 29.2 Å². The van der Waals surface area contributed by atoms with Gasteiger partial charge in [0.2, 0.25) is 0 Å². The molecule has 1 heterocycles. The molecule has 0 amide bonds. The van der Waals surface area contributed by atoms with Gasteiger partial charge in [-0.1, -0.05) is 36.2 Å². The molecule has 148 valence electrons. The summed E-state index contributed by atoms with van der Waals surface area (Å²) in [6, 6.07) is 15.6. The Labute approximate surface area is 173 Å².